The lowest BCUT2D eigenvalue weighted by molar-refractivity contribution is 0.185. The monoisotopic (exact) mass is 271 g/mol. The average molecular weight is 272 g/mol. The SMILES string of the molecule is CCNC(CSC(C)(C)C)C1CC(C)CC(C)C1. The Bertz CT molecular complexity index is 224. The van der Waals surface area contributed by atoms with E-state index in [4.69, 9.17) is 0 Å². The molecule has 1 aliphatic rings. The number of nitrogens with one attached hydrogen (secondary N) is 1. The Labute approximate surface area is 119 Å². The van der Waals surface area contributed by atoms with Gasteiger partial charge >= 0.3 is 0 Å². The summed E-state index contributed by atoms with van der Waals surface area (Å²) in [4.78, 5) is 0. The molecule has 2 heteroatoms. The minimum absolute atomic E-state index is 0.388. The first-order chi connectivity index (χ1) is 8.31. The second-order valence-electron chi connectivity index (χ2n) is 7.27. The fraction of sp³-hybridized carbons (Fsp3) is 1.00. The van der Waals surface area contributed by atoms with E-state index in [0.717, 1.165) is 24.3 Å². The summed E-state index contributed by atoms with van der Waals surface area (Å²) in [7, 11) is 0. The van der Waals surface area contributed by atoms with Crippen molar-refractivity contribution in [2.75, 3.05) is 12.3 Å². The molecule has 0 spiro atoms. The van der Waals surface area contributed by atoms with Gasteiger partial charge in [0.1, 0.15) is 0 Å². The van der Waals surface area contributed by atoms with Gasteiger partial charge in [-0.25, -0.2) is 0 Å². The summed E-state index contributed by atoms with van der Waals surface area (Å²) in [5.74, 6) is 3.99. The van der Waals surface area contributed by atoms with Crippen LogP contribution in [-0.4, -0.2) is 23.1 Å². The molecule has 1 rings (SSSR count). The first-order valence-corrected chi connectivity index (χ1v) is 8.67. The molecule has 0 aromatic carbocycles. The zero-order valence-electron chi connectivity index (χ0n) is 13.3. The van der Waals surface area contributed by atoms with Crippen LogP contribution in [0.2, 0.25) is 0 Å². The van der Waals surface area contributed by atoms with E-state index in [1.54, 1.807) is 0 Å². The summed E-state index contributed by atoms with van der Waals surface area (Å²) >= 11 is 2.12. The van der Waals surface area contributed by atoms with Crippen LogP contribution in [0.5, 0.6) is 0 Å². The molecule has 0 aromatic heterocycles. The number of thioether (sulfide) groups is 1. The van der Waals surface area contributed by atoms with Gasteiger partial charge in [0.05, 0.1) is 0 Å². The fourth-order valence-electron chi connectivity index (χ4n) is 3.30. The first kappa shape index (κ1) is 16.4. The predicted octanol–water partition coefficient (Wildman–Crippen LogP) is 4.57. The zero-order valence-corrected chi connectivity index (χ0v) is 14.1. The van der Waals surface area contributed by atoms with E-state index in [2.05, 4.69) is 58.6 Å². The molecule has 1 saturated carbocycles. The zero-order chi connectivity index (χ0) is 13.8. The van der Waals surface area contributed by atoms with Gasteiger partial charge in [0, 0.05) is 16.5 Å². The summed E-state index contributed by atoms with van der Waals surface area (Å²) in [6, 6.07) is 0.712. The third-order valence-corrected chi connectivity index (χ3v) is 5.34. The molecule has 1 nitrogen and oxygen atoms in total. The maximum atomic E-state index is 3.75. The summed E-state index contributed by atoms with van der Waals surface area (Å²) < 4.78 is 0.388. The molecule has 0 amide bonds. The molecule has 3 atom stereocenters. The van der Waals surface area contributed by atoms with Crippen LogP contribution in [-0.2, 0) is 0 Å². The lowest BCUT2D eigenvalue weighted by Crippen LogP contribution is -2.42. The Morgan fingerprint density at radius 3 is 2.11 bits per heavy atom. The average Bonchev–Trinajstić information content (AvgIpc) is 2.21. The second-order valence-corrected chi connectivity index (χ2v) is 9.11. The fourth-order valence-corrected chi connectivity index (χ4v) is 4.37. The minimum atomic E-state index is 0.388. The Hall–Kier alpha value is 0.310. The first-order valence-electron chi connectivity index (χ1n) is 7.69. The highest BCUT2D eigenvalue weighted by atomic mass is 32.2. The van der Waals surface area contributed by atoms with E-state index < -0.39 is 0 Å². The Morgan fingerprint density at radius 2 is 1.67 bits per heavy atom. The van der Waals surface area contributed by atoms with Crippen LogP contribution in [0.15, 0.2) is 0 Å². The summed E-state index contributed by atoms with van der Waals surface area (Å²) in [6.07, 6.45) is 4.28. The molecule has 0 radical (unpaired) electrons. The summed E-state index contributed by atoms with van der Waals surface area (Å²) in [5, 5.41) is 3.75. The molecule has 1 aliphatic carbocycles. The van der Waals surface area contributed by atoms with Crippen molar-refractivity contribution in [2.24, 2.45) is 17.8 Å². The Kier molecular flexibility index (Phi) is 6.54. The van der Waals surface area contributed by atoms with E-state index in [1.807, 2.05) is 0 Å². The van der Waals surface area contributed by atoms with Gasteiger partial charge in [-0.3, -0.25) is 0 Å². The van der Waals surface area contributed by atoms with Gasteiger partial charge in [0.25, 0.3) is 0 Å². The van der Waals surface area contributed by atoms with Crippen molar-refractivity contribution < 1.29 is 0 Å². The van der Waals surface area contributed by atoms with Gasteiger partial charge in [-0.15, -0.1) is 0 Å². The molecule has 1 fully saturated rings. The standard InChI is InChI=1S/C16H33NS/c1-7-17-15(11-18-16(4,5)6)14-9-12(2)8-13(3)10-14/h12-15,17H,7-11H2,1-6H3. The van der Waals surface area contributed by atoms with Gasteiger partial charge < -0.3 is 5.32 Å². The predicted molar refractivity (Wildman–Crippen MR) is 85.3 cm³/mol. The molecule has 0 aromatic rings. The topological polar surface area (TPSA) is 12.0 Å². The van der Waals surface area contributed by atoms with E-state index >= 15 is 0 Å². The maximum absolute atomic E-state index is 3.75. The molecule has 108 valence electrons. The van der Waals surface area contributed by atoms with E-state index in [0.29, 0.717) is 10.8 Å². The molecule has 1 N–H and O–H groups in total. The Morgan fingerprint density at radius 1 is 1.11 bits per heavy atom. The van der Waals surface area contributed by atoms with Gasteiger partial charge in [0.15, 0.2) is 0 Å². The molecule has 0 saturated heterocycles. The van der Waals surface area contributed by atoms with Crippen molar-refractivity contribution >= 4 is 11.8 Å². The minimum Gasteiger partial charge on any atom is -0.313 e. The highest BCUT2D eigenvalue weighted by Gasteiger charge is 2.30. The largest absolute Gasteiger partial charge is 0.313 e. The van der Waals surface area contributed by atoms with E-state index in [9.17, 15) is 0 Å². The smallest absolute Gasteiger partial charge is 0.0186 e. The van der Waals surface area contributed by atoms with Crippen LogP contribution < -0.4 is 5.32 Å². The van der Waals surface area contributed by atoms with Crippen LogP contribution >= 0.6 is 11.8 Å². The van der Waals surface area contributed by atoms with Crippen molar-refractivity contribution in [3.63, 3.8) is 0 Å². The molecular formula is C16H33NS. The van der Waals surface area contributed by atoms with Crippen molar-refractivity contribution in [1.29, 1.82) is 0 Å². The lowest BCUT2D eigenvalue weighted by Gasteiger charge is -2.37. The molecule has 0 bridgehead atoms. The lowest BCUT2D eigenvalue weighted by atomic mass is 9.74. The number of hydrogen-bond donors (Lipinski definition) is 1. The van der Waals surface area contributed by atoms with Crippen molar-refractivity contribution in [2.45, 2.75) is 71.6 Å². The van der Waals surface area contributed by atoms with Gasteiger partial charge in [-0.1, -0.05) is 41.5 Å². The van der Waals surface area contributed by atoms with Crippen molar-refractivity contribution in [3.05, 3.63) is 0 Å². The highest BCUT2D eigenvalue weighted by molar-refractivity contribution is 8.00. The molecule has 0 aliphatic heterocycles. The third-order valence-electron chi connectivity index (χ3n) is 3.95. The Balaban J connectivity index is 2.54. The van der Waals surface area contributed by atoms with Crippen LogP contribution in [0.4, 0.5) is 0 Å². The highest BCUT2D eigenvalue weighted by Crippen LogP contribution is 2.36. The quantitative estimate of drug-likeness (QED) is 0.786. The van der Waals surface area contributed by atoms with Gasteiger partial charge in [0.2, 0.25) is 0 Å². The van der Waals surface area contributed by atoms with Crippen molar-refractivity contribution in [3.8, 4) is 0 Å². The number of hydrogen-bond acceptors (Lipinski definition) is 2. The second kappa shape index (κ2) is 7.19. The van der Waals surface area contributed by atoms with Crippen molar-refractivity contribution in [1.82, 2.24) is 5.32 Å². The van der Waals surface area contributed by atoms with Crippen LogP contribution in [0.25, 0.3) is 0 Å². The van der Waals surface area contributed by atoms with Crippen LogP contribution in [0.1, 0.15) is 60.8 Å². The summed E-state index contributed by atoms with van der Waals surface area (Å²) in [5.41, 5.74) is 0. The third kappa shape index (κ3) is 5.97. The molecule has 3 unspecified atom stereocenters. The van der Waals surface area contributed by atoms with Crippen LogP contribution in [0.3, 0.4) is 0 Å². The maximum Gasteiger partial charge on any atom is 0.0186 e. The van der Waals surface area contributed by atoms with Gasteiger partial charge in [-0.2, -0.15) is 11.8 Å². The van der Waals surface area contributed by atoms with Gasteiger partial charge in [-0.05, 0) is 43.6 Å². The molecule has 18 heavy (non-hydrogen) atoms. The normalized spacial score (nSPS) is 31.3. The summed E-state index contributed by atoms with van der Waals surface area (Å²) in [6.45, 7) is 15.2. The number of rotatable bonds is 5. The van der Waals surface area contributed by atoms with E-state index in [-0.39, 0.29) is 0 Å². The molecule has 0 heterocycles. The van der Waals surface area contributed by atoms with E-state index in [1.165, 1.54) is 25.0 Å². The van der Waals surface area contributed by atoms with Crippen LogP contribution in [0, 0.1) is 17.8 Å². The molecular weight excluding hydrogens is 238 g/mol.